The Labute approximate surface area is 169 Å². The maximum atomic E-state index is 13.3. The molecule has 1 fully saturated rings. The van der Waals surface area contributed by atoms with Crippen molar-refractivity contribution in [2.45, 2.75) is 19.4 Å². The molecule has 28 heavy (non-hydrogen) atoms. The molecule has 0 spiro atoms. The maximum absolute atomic E-state index is 13.3. The van der Waals surface area contributed by atoms with Crippen LogP contribution in [0.3, 0.4) is 0 Å². The lowest BCUT2D eigenvalue weighted by atomic mass is 9.97. The minimum atomic E-state index is -0.269. The monoisotopic (exact) mass is 399 g/mol. The number of halogens is 2. The van der Waals surface area contributed by atoms with Gasteiger partial charge in [0, 0.05) is 30.5 Å². The van der Waals surface area contributed by atoms with Gasteiger partial charge in [0.25, 0.3) is 0 Å². The number of benzene rings is 2. The molecular formula is C22H23ClFN3O. The van der Waals surface area contributed by atoms with Crippen LogP contribution in [0.2, 0.25) is 5.02 Å². The Hall–Kier alpha value is -2.21. The lowest BCUT2D eigenvalue weighted by Crippen LogP contribution is -2.34. The molecule has 0 atom stereocenters. The van der Waals surface area contributed by atoms with E-state index in [1.165, 1.54) is 12.1 Å². The number of hydrogen-bond acceptors (Lipinski definition) is 3. The normalized spacial score (nSPS) is 15.8. The lowest BCUT2D eigenvalue weighted by molar-refractivity contribution is 0.127. The van der Waals surface area contributed by atoms with Crippen LogP contribution in [0.25, 0.3) is 16.9 Å². The summed E-state index contributed by atoms with van der Waals surface area (Å²) in [4.78, 5) is 2.39. The molecule has 2 aromatic carbocycles. The van der Waals surface area contributed by atoms with E-state index < -0.39 is 0 Å². The summed E-state index contributed by atoms with van der Waals surface area (Å²) in [6, 6.07) is 14.0. The molecule has 1 N–H and O–H groups in total. The van der Waals surface area contributed by atoms with Crippen LogP contribution in [0.4, 0.5) is 4.39 Å². The molecule has 1 aliphatic heterocycles. The van der Waals surface area contributed by atoms with Crippen LogP contribution in [0.5, 0.6) is 0 Å². The highest BCUT2D eigenvalue weighted by atomic mass is 35.5. The number of aromatic nitrogens is 2. The van der Waals surface area contributed by atoms with Gasteiger partial charge in [-0.1, -0.05) is 29.8 Å². The van der Waals surface area contributed by atoms with Crippen LogP contribution in [-0.2, 0) is 6.54 Å². The third kappa shape index (κ3) is 4.12. The van der Waals surface area contributed by atoms with E-state index >= 15 is 0 Å². The predicted octanol–water partition coefficient (Wildman–Crippen LogP) is 4.54. The minimum absolute atomic E-state index is 0.265. The minimum Gasteiger partial charge on any atom is -0.396 e. The molecule has 0 saturated carbocycles. The van der Waals surface area contributed by atoms with E-state index in [1.54, 1.807) is 16.8 Å². The molecule has 0 aliphatic carbocycles. The van der Waals surface area contributed by atoms with Crippen LogP contribution < -0.4 is 0 Å². The largest absolute Gasteiger partial charge is 0.396 e. The summed E-state index contributed by atoms with van der Waals surface area (Å²) < 4.78 is 15.1. The average molecular weight is 400 g/mol. The van der Waals surface area contributed by atoms with Gasteiger partial charge in [-0.2, -0.15) is 5.10 Å². The van der Waals surface area contributed by atoms with E-state index in [1.807, 2.05) is 30.5 Å². The smallest absolute Gasteiger partial charge is 0.123 e. The van der Waals surface area contributed by atoms with E-state index in [9.17, 15) is 9.50 Å². The molecule has 0 amide bonds. The number of rotatable bonds is 5. The van der Waals surface area contributed by atoms with E-state index in [0.717, 1.165) is 55.0 Å². The number of piperidine rings is 1. The zero-order valence-corrected chi connectivity index (χ0v) is 16.3. The summed E-state index contributed by atoms with van der Waals surface area (Å²) in [5, 5.41) is 14.8. The highest BCUT2D eigenvalue weighted by Crippen LogP contribution is 2.31. The first-order valence-corrected chi connectivity index (χ1v) is 9.94. The molecule has 1 aliphatic rings. The Balaban J connectivity index is 1.67. The fourth-order valence-electron chi connectivity index (χ4n) is 3.70. The summed E-state index contributed by atoms with van der Waals surface area (Å²) in [5.74, 6) is 0.135. The van der Waals surface area contributed by atoms with Crippen molar-refractivity contribution in [2.75, 3.05) is 19.7 Å². The first kappa shape index (κ1) is 19.1. The number of aliphatic hydroxyl groups excluding tert-OH is 1. The van der Waals surface area contributed by atoms with Crippen LogP contribution in [-0.4, -0.2) is 39.5 Å². The summed E-state index contributed by atoms with van der Waals surface area (Å²) in [7, 11) is 0. The molecular weight excluding hydrogens is 377 g/mol. The van der Waals surface area contributed by atoms with Crippen molar-refractivity contribution in [1.82, 2.24) is 14.7 Å². The third-order valence-corrected chi connectivity index (χ3v) is 5.70. The van der Waals surface area contributed by atoms with Gasteiger partial charge in [0.15, 0.2) is 0 Å². The van der Waals surface area contributed by atoms with Gasteiger partial charge in [-0.15, -0.1) is 0 Å². The number of likely N-dealkylation sites (tertiary alicyclic amines) is 1. The topological polar surface area (TPSA) is 41.3 Å². The molecule has 1 aromatic heterocycles. The molecule has 4 rings (SSSR count). The van der Waals surface area contributed by atoms with E-state index in [2.05, 4.69) is 4.90 Å². The molecule has 0 bridgehead atoms. The second-order valence-corrected chi connectivity index (χ2v) is 7.71. The zero-order valence-electron chi connectivity index (χ0n) is 15.6. The van der Waals surface area contributed by atoms with Gasteiger partial charge in [-0.05, 0) is 62.2 Å². The van der Waals surface area contributed by atoms with E-state index in [0.29, 0.717) is 10.9 Å². The fourth-order valence-corrected chi connectivity index (χ4v) is 3.92. The van der Waals surface area contributed by atoms with Gasteiger partial charge in [0.05, 0.1) is 16.4 Å². The van der Waals surface area contributed by atoms with Gasteiger partial charge in [-0.3, -0.25) is 4.90 Å². The molecule has 4 nitrogen and oxygen atoms in total. The number of nitrogens with zero attached hydrogens (tertiary/aromatic N) is 3. The summed E-state index contributed by atoms with van der Waals surface area (Å²) >= 11 is 6.45. The maximum Gasteiger partial charge on any atom is 0.123 e. The summed E-state index contributed by atoms with van der Waals surface area (Å²) in [6.07, 6.45) is 4.01. The molecule has 0 unspecified atom stereocenters. The third-order valence-electron chi connectivity index (χ3n) is 5.37. The SMILES string of the molecule is OCC1CCN(Cc2cn(-c3ccc(F)cc3)nc2-c2ccccc2Cl)CC1. The molecule has 2 heterocycles. The van der Waals surface area contributed by atoms with Crippen molar-refractivity contribution in [3.8, 4) is 16.9 Å². The summed E-state index contributed by atoms with van der Waals surface area (Å²) in [6.45, 7) is 2.94. The molecule has 0 radical (unpaired) electrons. The van der Waals surface area contributed by atoms with Crippen molar-refractivity contribution in [2.24, 2.45) is 5.92 Å². The first-order valence-electron chi connectivity index (χ1n) is 9.56. The van der Waals surface area contributed by atoms with Crippen molar-refractivity contribution in [1.29, 1.82) is 0 Å². The van der Waals surface area contributed by atoms with Gasteiger partial charge in [-0.25, -0.2) is 9.07 Å². The van der Waals surface area contributed by atoms with Crippen molar-refractivity contribution in [3.63, 3.8) is 0 Å². The van der Waals surface area contributed by atoms with Crippen molar-refractivity contribution < 1.29 is 9.50 Å². The summed E-state index contributed by atoms with van der Waals surface area (Å²) in [5.41, 5.74) is 3.63. The van der Waals surface area contributed by atoms with Gasteiger partial charge < -0.3 is 5.11 Å². The van der Waals surface area contributed by atoms with E-state index in [4.69, 9.17) is 16.7 Å². The lowest BCUT2D eigenvalue weighted by Gasteiger charge is -2.30. The van der Waals surface area contributed by atoms with Gasteiger partial charge in [0.1, 0.15) is 5.82 Å². The fraction of sp³-hybridized carbons (Fsp3) is 0.318. The van der Waals surface area contributed by atoms with Crippen LogP contribution >= 0.6 is 11.6 Å². The van der Waals surface area contributed by atoms with Gasteiger partial charge >= 0.3 is 0 Å². The van der Waals surface area contributed by atoms with E-state index in [-0.39, 0.29) is 12.4 Å². The quantitative estimate of drug-likeness (QED) is 0.685. The molecule has 6 heteroatoms. The number of aliphatic hydroxyl groups is 1. The number of hydrogen-bond donors (Lipinski definition) is 1. The predicted molar refractivity (Wildman–Crippen MR) is 109 cm³/mol. The second kappa shape index (κ2) is 8.43. The zero-order chi connectivity index (χ0) is 19.5. The molecule has 3 aromatic rings. The Bertz CT molecular complexity index is 933. The Morgan fingerprint density at radius 3 is 2.46 bits per heavy atom. The Kier molecular flexibility index (Phi) is 5.76. The standard InChI is InChI=1S/C22H23ClFN3O/c23-21-4-2-1-3-20(21)22-17(13-26-11-9-16(15-28)10-12-26)14-27(25-22)19-7-5-18(24)6-8-19/h1-8,14,16,28H,9-13,15H2. The van der Waals surface area contributed by atoms with Crippen molar-refractivity contribution in [3.05, 3.63) is 71.1 Å². The van der Waals surface area contributed by atoms with Crippen LogP contribution in [0.1, 0.15) is 18.4 Å². The average Bonchev–Trinajstić information content (AvgIpc) is 3.13. The van der Waals surface area contributed by atoms with Crippen LogP contribution in [0, 0.1) is 11.7 Å². The van der Waals surface area contributed by atoms with Gasteiger partial charge in [0.2, 0.25) is 0 Å². The highest BCUT2D eigenvalue weighted by molar-refractivity contribution is 6.33. The Morgan fingerprint density at radius 2 is 1.79 bits per heavy atom. The molecule has 1 saturated heterocycles. The van der Waals surface area contributed by atoms with Crippen LogP contribution in [0.15, 0.2) is 54.7 Å². The Morgan fingerprint density at radius 1 is 1.07 bits per heavy atom. The first-order chi connectivity index (χ1) is 13.6. The second-order valence-electron chi connectivity index (χ2n) is 7.31. The van der Waals surface area contributed by atoms with Crippen molar-refractivity contribution >= 4 is 11.6 Å². The highest BCUT2D eigenvalue weighted by Gasteiger charge is 2.22. The molecule has 146 valence electrons.